The van der Waals surface area contributed by atoms with E-state index in [-0.39, 0.29) is 20.3 Å². The van der Waals surface area contributed by atoms with E-state index in [0.29, 0.717) is 0 Å². The first-order valence-corrected chi connectivity index (χ1v) is 2.35. The van der Waals surface area contributed by atoms with Crippen LogP contribution in [0.3, 0.4) is 0 Å². The number of aliphatic carboxylic acids is 3. The van der Waals surface area contributed by atoms with Crippen LogP contribution in [0.1, 0.15) is 1.43 Å². The molecule has 8 nitrogen and oxygen atoms in total. The summed E-state index contributed by atoms with van der Waals surface area (Å²) in [6, 6.07) is 0. The van der Waals surface area contributed by atoms with Crippen LogP contribution in [0.15, 0.2) is 0 Å². The number of hydrogen-bond donors (Lipinski definition) is 3. The van der Waals surface area contributed by atoms with Gasteiger partial charge in [0, 0.05) is 4.53 Å². The Labute approximate surface area is 88.8 Å². The minimum absolute atomic E-state index is 0. The molecular formula is C4H4FLiO8. The monoisotopic (exact) mass is 206 g/mol. The van der Waals surface area contributed by atoms with Crippen molar-refractivity contribution in [2.45, 2.75) is 0 Å². The van der Waals surface area contributed by atoms with Crippen LogP contribution in [0.25, 0.3) is 0 Å². The fraction of sp³-hybridized carbons (Fsp3) is 0. The van der Waals surface area contributed by atoms with Crippen molar-refractivity contribution in [1.29, 1.82) is 0 Å². The van der Waals surface area contributed by atoms with E-state index in [9.17, 15) is 14.1 Å². The van der Waals surface area contributed by atoms with Crippen molar-refractivity contribution < 1.29 is 64.3 Å². The second-order valence-electron chi connectivity index (χ2n) is 1.28. The Morgan fingerprint density at radius 1 is 0.929 bits per heavy atom. The molecule has 3 N–H and O–H groups in total. The molecule has 0 atom stereocenters. The Morgan fingerprint density at radius 3 is 1.21 bits per heavy atom. The van der Waals surface area contributed by atoms with E-state index in [4.69, 9.17) is 24.9 Å². The van der Waals surface area contributed by atoms with Crippen LogP contribution in [0.2, 0.25) is 0 Å². The molecule has 0 fully saturated rings. The van der Waals surface area contributed by atoms with E-state index >= 15 is 0 Å². The van der Waals surface area contributed by atoms with Gasteiger partial charge in [0.15, 0.2) is 0 Å². The normalized spacial score (nSPS) is 6.93. The van der Waals surface area contributed by atoms with Gasteiger partial charge in [-0.3, -0.25) is 0 Å². The molecule has 0 spiro atoms. The molecular weight excluding hydrogens is 202 g/mol. The summed E-state index contributed by atoms with van der Waals surface area (Å²) in [4.78, 5) is 39.0. The van der Waals surface area contributed by atoms with Crippen molar-refractivity contribution in [3.8, 4) is 0 Å². The predicted molar refractivity (Wildman–Crippen MR) is 31.2 cm³/mol. The fourth-order valence-corrected chi connectivity index (χ4v) is 0.0330. The van der Waals surface area contributed by atoms with Gasteiger partial charge in [-0.05, 0) is 0 Å². The summed E-state index contributed by atoms with van der Waals surface area (Å²) in [6.07, 6.45) is 0. The molecule has 0 rings (SSSR count). The second kappa shape index (κ2) is 9.50. The van der Waals surface area contributed by atoms with Crippen molar-refractivity contribution in [3.05, 3.63) is 0 Å². The van der Waals surface area contributed by atoms with Crippen molar-refractivity contribution in [2.24, 2.45) is 0 Å². The largest absolute Gasteiger partial charge is 1.00 e. The first-order chi connectivity index (χ1) is 5.82. The summed E-state index contributed by atoms with van der Waals surface area (Å²) in [5.74, 6) is -7.49. The molecule has 0 unspecified atom stereocenters. The van der Waals surface area contributed by atoms with Gasteiger partial charge < -0.3 is 16.7 Å². The molecule has 0 heterocycles. The molecule has 0 aliphatic heterocycles. The Morgan fingerprint density at radius 2 is 1.21 bits per heavy atom. The Hall–Kier alpha value is -1.59. The molecule has 0 saturated heterocycles. The maximum Gasteiger partial charge on any atom is 1.00 e. The van der Waals surface area contributed by atoms with E-state index in [1.54, 1.807) is 0 Å². The van der Waals surface area contributed by atoms with Crippen LogP contribution in [0.5, 0.6) is 0 Å². The van der Waals surface area contributed by atoms with Crippen LogP contribution >= 0.6 is 0 Å². The minimum Gasteiger partial charge on any atom is -1.00 e. The van der Waals surface area contributed by atoms with Crippen molar-refractivity contribution in [3.63, 3.8) is 0 Å². The number of carboxylic acids is 3. The number of carbonyl (C=O) groups is 4. The van der Waals surface area contributed by atoms with E-state index < -0.39 is 23.9 Å². The summed E-state index contributed by atoms with van der Waals surface area (Å²) in [7, 11) is 0. The number of rotatable bonds is 0. The van der Waals surface area contributed by atoms with Crippen LogP contribution in [-0.4, -0.2) is 39.2 Å². The Kier molecular flexibility index (Phi) is 12.4. The van der Waals surface area contributed by atoms with Gasteiger partial charge in [0.25, 0.3) is 0 Å². The molecule has 0 aliphatic rings. The topological polar surface area (TPSA) is 138 Å². The quantitative estimate of drug-likeness (QED) is 0.267. The third-order valence-corrected chi connectivity index (χ3v) is 0.428. The Balaban J connectivity index is -0.0000000718. The zero-order chi connectivity index (χ0) is 11.0. The minimum atomic E-state index is -1.94. The molecule has 0 aromatic rings. The molecule has 0 aromatic carbocycles. The van der Waals surface area contributed by atoms with Gasteiger partial charge in [-0.25, -0.2) is 24.1 Å². The predicted octanol–water partition coefficient (Wildman–Crippen LogP) is -4.23. The van der Waals surface area contributed by atoms with Crippen molar-refractivity contribution >= 4 is 23.9 Å². The molecule has 0 bridgehead atoms. The summed E-state index contributed by atoms with van der Waals surface area (Å²) in [5, 5.41) is 22.2. The SMILES string of the molecule is O=C(O)C(=O)O.O=C(O)C(=O)OF.[H-].[Li+]. The summed E-state index contributed by atoms with van der Waals surface area (Å²) in [5.41, 5.74) is 0. The van der Waals surface area contributed by atoms with Crippen LogP contribution in [0.4, 0.5) is 4.53 Å². The summed E-state index contributed by atoms with van der Waals surface area (Å²) < 4.78 is 10.4. The van der Waals surface area contributed by atoms with Gasteiger partial charge in [0.1, 0.15) is 0 Å². The zero-order valence-electron chi connectivity index (χ0n) is 7.76. The zero-order valence-corrected chi connectivity index (χ0v) is 6.76. The molecule has 10 heteroatoms. The first kappa shape index (κ1) is 18.2. The van der Waals surface area contributed by atoms with Gasteiger partial charge in [0.2, 0.25) is 0 Å². The van der Waals surface area contributed by atoms with E-state index in [1.165, 1.54) is 0 Å². The van der Waals surface area contributed by atoms with Crippen molar-refractivity contribution in [2.75, 3.05) is 0 Å². The fourth-order valence-electron chi connectivity index (χ4n) is 0.0330. The van der Waals surface area contributed by atoms with E-state index in [2.05, 4.69) is 4.94 Å². The smallest absolute Gasteiger partial charge is 1.00 e. The van der Waals surface area contributed by atoms with Crippen LogP contribution < -0.4 is 18.9 Å². The van der Waals surface area contributed by atoms with Gasteiger partial charge in [-0.2, -0.15) is 0 Å². The molecule has 14 heavy (non-hydrogen) atoms. The standard InChI is InChI=1S/C2HFO4.C2H2O4.Li.H/c3-7-2(6)1(4)5;3-1(4)2(5)6;;/h(H,4,5);(H,3,4)(H,5,6);;/q;;+1;-1. The third kappa shape index (κ3) is 13.0. The number of halogens is 1. The van der Waals surface area contributed by atoms with E-state index in [0.717, 1.165) is 0 Å². The number of carbonyl (C=O) groups excluding carboxylic acids is 1. The van der Waals surface area contributed by atoms with E-state index in [1.807, 2.05) is 0 Å². The molecule has 0 saturated carbocycles. The number of carboxylic acid groups (broad SMARTS) is 3. The molecule has 0 aromatic heterocycles. The average Bonchev–Trinajstić information content (AvgIpc) is 2.03. The molecule has 0 aliphatic carbocycles. The van der Waals surface area contributed by atoms with Gasteiger partial charge in [-0.1, -0.05) is 0 Å². The van der Waals surface area contributed by atoms with Gasteiger partial charge in [0.05, 0.1) is 0 Å². The Bertz CT molecular complexity index is 231. The third-order valence-electron chi connectivity index (χ3n) is 0.428. The van der Waals surface area contributed by atoms with Crippen LogP contribution in [-0.2, 0) is 24.1 Å². The maximum absolute atomic E-state index is 10.4. The average molecular weight is 206 g/mol. The summed E-state index contributed by atoms with van der Waals surface area (Å²) in [6.45, 7) is 0. The molecule has 0 radical (unpaired) electrons. The molecule has 0 amide bonds. The van der Waals surface area contributed by atoms with Gasteiger partial charge in [-0.15, -0.1) is 0 Å². The number of hydrogen-bond acceptors (Lipinski definition) is 5. The van der Waals surface area contributed by atoms with Gasteiger partial charge >= 0.3 is 42.7 Å². The second-order valence-corrected chi connectivity index (χ2v) is 1.28. The summed E-state index contributed by atoms with van der Waals surface area (Å²) >= 11 is 0. The van der Waals surface area contributed by atoms with Crippen LogP contribution in [0, 0.1) is 0 Å². The van der Waals surface area contributed by atoms with Crippen molar-refractivity contribution in [1.82, 2.24) is 0 Å². The first-order valence-electron chi connectivity index (χ1n) is 2.35. The molecule has 76 valence electrons. The maximum atomic E-state index is 10.4.